The number of nitro groups is 2. The van der Waals surface area contributed by atoms with E-state index in [9.17, 15) is 29.8 Å². The van der Waals surface area contributed by atoms with Crippen LogP contribution < -0.4 is 10.6 Å². The fourth-order valence-electron chi connectivity index (χ4n) is 5.54. The number of amides is 2. The maximum absolute atomic E-state index is 12.9. The lowest BCUT2D eigenvalue weighted by molar-refractivity contribution is -0.385. The molecular weight excluding hydrogens is 464 g/mol. The van der Waals surface area contributed by atoms with Crippen LogP contribution in [0.4, 0.5) is 11.4 Å². The molecule has 10 nitrogen and oxygen atoms in total. The Morgan fingerprint density at radius 3 is 1.86 bits per heavy atom. The van der Waals surface area contributed by atoms with Crippen LogP contribution in [-0.2, 0) is 0 Å². The molecule has 1 aliphatic carbocycles. The van der Waals surface area contributed by atoms with Gasteiger partial charge in [-0.25, -0.2) is 0 Å². The molecule has 2 aromatic rings. The molecule has 1 fully saturated rings. The summed E-state index contributed by atoms with van der Waals surface area (Å²) in [7, 11) is 0. The van der Waals surface area contributed by atoms with Gasteiger partial charge in [0.1, 0.15) is 0 Å². The highest BCUT2D eigenvalue weighted by molar-refractivity contribution is 5.95. The van der Waals surface area contributed by atoms with Crippen LogP contribution in [0.15, 0.2) is 36.4 Å². The van der Waals surface area contributed by atoms with Crippen LogP contribution in [-0.4, -0.2) is 34.2 Å². The van der Waals surface area contributed by atoms with Gasteiger partial charge in [-0.3, -0.25) is 29.8 Å². The number of carbonyl (C=O) groups excluding carboxylic acids is 2. The predicted molar refractivity (Wildman–Crippen MR) is 135 cm³/mol. The molecule has 0 bridgehead atoms. The average Bonchev–Trinajstić information content (AvgIpc) is 2.75. The van der Waals surface area contributed by atoms with Crippen molar-refractivity contribution in [3.63, 3.8) is 0 Å². The van der Waals surface area contributed by atoms with E-state index < -0.39 is 9.85 Å². The molecule has 0 unspecified atom stereocenters. The molecule has 10 heteroatoms. The summed E-state index contributed by atoms with van der Waals surface area (Å²) in [6.07, 6.45) is 2.24. The van der Waals surface area contributed by atoms with Crippen LogP contribution in [0.25, 0.3) is 0 Å². The molecule has 2 N–H and O–H groups in total. The second-order valence-electron chi connectivity index (χ2n) is 10.9. The van der Waals surface area contributed by atoms with Gasteiger partial charge in [0.2, 0.25) is 0 Å². The van der Waals surface area contributed by atoms with Crippen molar-refractivity contribution in [3.05, 3.63) is 78.9 Å². The van der Waals surface area contributed by atoms with Gasteiger partial charge >= 0.3 is 0 Å². The Morgan fingerprint density at radius 2 is 1.39 bits per heavy atom. The van der Waals surface area contributed by atoms with E-state index in [1.807, 2.05) is 0 Å². The van der Waals surface area contributed by atoms with Crippen molar-refractivity contribution in [1.82, 2.24) is 10.6 Å². The average molecular weight is 497 g/mol. The zero-order valence-electron chi connectivity index (χ0n) is 21.2. The molecule has 3 rings (SSSR count). The van der Waals surface area contributed by atoms with E-state index in [0.717, 1.165) is 12.8 Å². The lowest BCUT2D eigenvalue weighted by Crippen LogP contribution is -2.50. The summed E-state index contributed by atoms with van der Waals surface area (Å²) in [6.45, 7) is 9.91. The summed E-state index contributed by atoms with van der Waals surface area (Å²) in [5, 5.41) is 28.2. The number of nitrogens with one attached hydrogen (secondary N) is 2. The summed E-state index contributed by atoms with van der Waals surface area (Å²) in [4.78, 5) is 46.9. The van der Waals surface area contributed by atoms with Crippen LogP contribution in [0.2, 0.25) is 0 Å². The van der Waals surface area contributed by atoms with E-state index in [-0.39, 0.29) is 40.1 Å². The van der Waals surface area contributed by atoms with Crippen molar-refractivity contribution in [2.75, 3.05) is 6.54 Å². The highest BCUT2D eigenvalue weighted by atomic mass is 16.6. The Kier molecular flexibility index (Phi) is 7.47. The van der Waals surface area contributed by atoms with Gasteiger partial charge in [0.15, 0.2) is 0 Å². The number of nitro benzene ring substituents is 2. The van der Waals surface area contributed by atoms with Crippen LogP contribution in [0, 0.1) is 44.9 Å². The minimum absolute atomic E-state index is 0.0307. The number of carbonyl (C=O) groups is 2. The second kappa shape index (κ2) is 10.0. The lowest BCUT2D eigenvalue weighted by atomic mass is 9.62. The number of benzene rings is 2. The van der Waals surface area contributed by atoms with Crippen molar-refractivity contribution in [1.29, 1.82) is 0 Å². The zero-order valence-corrected chi connectivity index (χ0v) is 21.2. The fraction of sp³-hybridized carbons (Fsp3) is 0.462. The van der Waals surface area contributed by atoms with E-state index >= 15 is 0 Å². The molecule has 2 amide bonds. The molecule has 192 valence electrons. The molecule has 36 heavy (non-hydrogen) atoms. The van der Waals surface area contributed by atoms with Crippen LogP contribution in [0.5, 0.6) is 0 Å². The highest BCUT2D eigenvalue weighted by Crippen LogP contribution is 2.46. The Bertz CT molecular complexity index is 1220. The van der Waals surface area contributed by atoms with Crippen LogP contribution >= 0.6 is 0 Å². The smallest absolute Gasteiger partial charge is 0.272 e. The quantitative estimate of drug-likeness (QED) is 0.413. The van der Waals surface area contributed by atoms with Gasteiger partial charge in [-0.05, 0) is 68.2 Å². The van der Waals surface area contributed by atoms with Crippen molar-refractivity contribution < 1.29 is 19.4 Å². The van der Waals surface area contributed by atoms with E-state index in [4.69, 9.17) is 0 Å². The molecule has 0 heterocycles. The van der Waals surface area contributed by atoms with E-state index in [1.54, 1.807) is 13.8 Å². The Hall–Kier alpha value is -3.82. The first-order chi connectivity index (χ1) is 16.7. The van der Waals surface area contributed by atoms with Crippen LogP contribution in [0.3, 0.4) is 0 Å². The summed E-state index contributed by atoms with van der Waals surface area (Å²) in [5.41, 5.74) is 1.11. The number of rotatable bonds is 7. The Morgan fingerprint density at radius 1 is 0.889 bits per heavy atom. The van der Waals surface area contributed by atoms with Crippen molar-refractivity contribution in [2.24, 2.45) is 10.8 Å². The topological polar surface area (TPSA) is 144 Å². The molecule has 0 radical (unpaired) electrons. The first-order valence-corrected chi connectivity index (χ1v) is 11.8. The van der Waals surface area contributed by atoms with Gasteiger partial charge < -0.3 is 10.6 Å². The highest BCUT2D eigenvalue weighted by Gasteiger charge is 2.42. The molecule has 0 saturated heterocycles. The number of hydrogen-bond donors (Lipinski definition) is 2. The monoisotopic (exact) mass is 496 g/mol. The summed E-state index contributed by atoms with van der Waals surface area (Å²) >= 11 is 0. The second-order valence-corrected chi connectivity index (χ2v) is 10.9. The van der Waals surface area contributed by atoms with Crippen molar-refractivity contribution in [3.8, 4) is 0 Å². The molecule has 2 atom stereocenters. The Balaban J connectivity index is 1.69. The lowest BCUT2D eigenvalue weighted by Gasteiger charge is -2.47. The van der Waals surface area contributed by atoms with Gasteiger partial charge in [0, 0.05) is 47.0 Å². The minimum Gasteiger partial charge on any atom is -0.351 e. The Labute approximate surface area is 209 Å². The standard InChI is InChI=1S/C26H32N4O6/c1-16-10-18(6-8-21(16)29(33)34)23(31)27-15-26(5)13-20(12-25(3,4)14-26)28-24(32)19-7-9-22(30(35)36)17(2)11-19/h6-11,20H,12-15H2,1-5H3,(H,27,31)(H,28,32)/t20-,26-/m1/s1. The molecule has 0 aromatic heterocycles. The van der Waals surface area contributed by atoms with Crippen molar-refractivity contribution in [2.45, 2.75) is 59.9 Å². The molecule has 2 aromatic carbocycles. The molecule has 0 spiro atoms. The van der Waals surface area contributed by atoms with Gasteiger partial charge in [0.05, 0.1) is 9.85 Å². The number of aryl methyl sites for hydroxylation is 2. The molecule has 0 aliphatic heterocycles. The number of nitrogens with zero attached hydrogens (tertiary/aromatic N) is 2. The van der Waals surface area contributed by atoms with Gasteiger partial charge in [0.25, 0.3) is 23.2 Å². The first kappa shape index (κ1) is 26.8. The zero-order chi connectivity index (χ0) is 26.8. The SMILES string of the molecule is Cc1cc(C(=O)NC[C@]2(C)C[C@H](NC(=O)c3ccc([N+](=O)[O-])c(C)c3)CC(C)(C)C2)ccc1[N+](=O)[O-]. The fourth-order valence-corrected chi connectivity index (χ4v) is 5.54. The number of hydrogen-bond acceptors (Lipinski definition) is 6. The van der Waals surface area contributed by atoms with Gasteiger partial charge in [-0.15, -0.1) is 0 Å². The minimum atomic E-state index is -0.478. The third kappa shape index (κ3) is 6.24. The van der Waals surface area contributed by atoms with Crippen LogP contribution in [0.1, 0.15) is 71.9 Å². The molecular formula is C26H32N4O6. The molecule has 1 aliphatic rings. The molecule has 1 saturated carbocycles. The summed E-state index contributed by atoms with van der Waals surface area (Å²) < 4.78 is 0. The summed E-state index contributed by atoms with van der Waals surface area (Å²) in [5.74, 6) is -0.594. The van der Waals surface area contributed by atoms with E-state index in [2.05, 4.69) is 31.4 Å². The predicted octanol–water partition coefficient (Wildman–Crippen LogP) is 4.86. The van der Waals surface area contributed by atoms with Crippen molar-refractivity contribution >= 4 is 23.2 Å². The first-order valence-electron chi connectivity index (χ1n) is 11.8. The maximum Gasteiger partial charge on any atom is 0.272 e. The van der Waals surface area contributed by atoms with Gasteiger partial charge in [-0.1, -0.05) is 20.8 Å². The largest absolute Gasteiger partial charge is 0.351 e. The van der Waals surface area contributed by atoms with E-state index in [0.29, 0.717) is 35.2 Å². The van der Waals surface area contributed by atoms with E-state index in [1.165, 1.54) is 36.4 Å². The third-order valence-electron chi connectivity index (χ3n) is 6.77. The van der Waals surface area contributed by atoms with Gasteiger partial charge in [-0.2, -0.15) is 0 Å². The maximum atomic E-state index is 12.9. The summed E-state index contributed by atoms with van der Waals surface area (Å²) in [6, 6.07) is 8.47. The normalized spacial score (nSPS) is 20.9. The third-order valence-corrected chi connectivity index (χ3v) is 6.77.